The molecule has 2 bridgehead atoms. The SMILES string of the molecule is Cc1cccc(CC2(O)C[C@H]3CC[C@]2(C)C3(C)C)n1. The zero-order chi connectivity index (χ0) is 13.9. The largest absolute Gasteiger partial charge is 0.389 e. The molecule has 3 atom stereocenters. The Bertz CT molecular complexity index is 510. The van der Waals surface area contributed by atoms with E-state index in [0.29, 0.717) is 12.3 Å². The van der Waals surface area contributed by atoms with Crippen molar-refractivity contribution in [2.24, 2.45) is 16.7 Å². The van der Waals surface area contributed by atoms with Gasteiger partial charge >= 0.3 is 0 Å². The van der Waals surface area contributed by atoms with E-state index in [1.807, 2.05) is 25.1 Å². The van der Waals surface area contributed by atoms with E-state index in [9.17, 15) is 5.11 Å². The minimum absolute atomic E-state index is 0.0239. The molecule has 1 aromatic rings. The van der Waals surface area contributed by atoms with Crippen LogP contribution in [0.15, 0.2) is 18.2 Å². The van der Waals surface area contributed by atoms with Crippen molar-refractivity contribution in [3.05, 3.63) is 29.6 Å². The molecule has 1 heterocycles. The van der Waals surface area contributed by atoms with Crippen molar-refractivity contribution in [3.63, 3.8) is 0 Å². The molecule has 1 aromatic heterocycles. The van der Waals surface area contributed by atoms with Gasteiger partial charge in [-0.1, -0.05) is 26.8 Å². The van der Waals surface area contributed by atoms with E-state index in [-0.39, 0.29) is 10.8 Å². The molecule has 0 aliphatic heterocycles. The number of aliphatic hydroxyl groups is 1. The molecule has 19 heavy (non-hydrogen) atoms. The highest BCUT2D eigenvalue weighted by atomic mass is 16.3. The fourth-order valence-electron chi connectivity index (χ4n) is 4.68. The summed E-state index contributed by atoms with van der Waals surface area (Å²) in [4.78, 5) is 4.58. The number of aromatic nitrogens is 1. The van der Waals surface area contributed by atoms with Crippen LogP contribution in [0, 0.1) is 23.7 Å². The van der Waals surface area contributed by atoms with E-state index < -0.39 is 5.60 Å². The van der Waals surface area contributed by atoms with Crippen LogP contribution >= 0.6 is 0 Å². The summed E-state index contributed by atoms with van der Waals surface area (Å²) >= 11 is 0. The summed E-state index contributed by atoms with van der Waals surface area (Å²) < 4.78 is 0. The molecule has 2 heteroatoms. The summed E-state index contributed by atoms with van der Waals surface area (Å²) in [5.41, 5.74) is 1.75. The Balaban J connectivity index is 1.93. The first-order valence-corrected chi connectivity index (χ1v) is 7.43. The Morgan fingerprint density at radius 2 is 2.05 bits per heavy atom. The molecular formula is C17H25NO. The maximum Gasteiger partial charge on any atom is 0.0764 e. The van der Waals surface area contributed by atoms with E-state index in [1.54, 1.807) is 0 Å². The number of hydrogen-bond donors (Lipinski definition) is 1. The summed E-state index contributed by atoms with van der Waals surface area (Å²) in [6.07, 6.45) is 4.05. The lowest BCUT2D eigenvalue weighted by molar-refractivity contribution is -0.0891. The predicted octanol–water partition coefficient (Wildman–Crippen LogP) is 3.51. The lowest BCUT2D eigenvalue weighted by atomic mass is 9.63. The van der Waals surface area contributed by atoms with Crippen LogP contribution in [-0.4, -0.2) is 15.7 Å². The molecular weight excluding hydrogens is 234 g/mol. The van der Waals surface area contributed by atoms with Crippen LogP contribution in [0.4, 0.5) is 0 Å². The number of pyridine rings is 1. The van der Waals surface area contributed by atoms with Gasteiger partial charge in [0.2, 0.25) is 0 Å². The minimum Gasteiger partial charge on any atom is -0.389 e. The third kappa shape index (κ3) is 1.62. The molecule has 2 saturated carbocycles. The second-order valence-corrected chi connectivity index (χ2v) is 7.47. The second-order valence-electron chi connectivity index (χ2n) is 7.47. The topological polar surface area (TPSA) is 33.1 Å². The summed E-state index contributed by atoms with van der Waals surface area (Å²) in [5, 5.41) is 11.3. The van der Waals surface area contributed by atoms with Crippen molar-refractivity contribution in [3.8, 4) is 0 Å². The molecule has 0 radical (unpaired) electrons. The van der Waals surface area contributed by atoms with Crippen molar-refractivity contribution < 1.29 is 5.11 Å². The number of aryl methyl sites for hydroxylation is 1. The lowest BCUT2D eigenvalue weighted by Crippen LogP contribution is -2.48. The van der Waals surface area contributed by atoms with Gasteiger partial charge in [0.05, 0.1) is 5.60 Å². The van der Waals surface area contributed by atoms with E-state index in [1.165, 1.54) is 6.42 Å². The molecule has 2 nitrogen and oxygen atoms in total. The van der Waals surface area contributed by atoms with Gasteiger partial charge in [-0.15, -0.1) is 0 Å². The Morgan fingerprint density at radius 1 is 1.32 bits per heavy atom. The molecule has 1 N–H and O–H groups in total. The second kappa shape index (κ2) is 3.82. The quantitative estimate of drug-likeness (QED) is 0.881. The van der Waals surface area contributed by atoms with Crippen LogP contribution in [-0.2, 0) is 6.42 Å². The van der Waals surface area contributed by atoms with Gasteiger partial charge in [0, 0.05) is 23.2 Å². The standard InChI is InChI=1S/C17H25NO/c1-12-6-5-7-14(18-12)11-17(19)10-13-8-9-16(17,4)15(13,2)3/h5-7,13,19H,8-11H2,1-4H3/t13-,16-,17?/m1/s1. The maximum atomic E-state index is 11.3. The third-order valence-electron chi connectivity index (χ3n) is 6.47. The fraction of sp³-hybridized carbons (Fsp3) is 0.706. The van der Waals surface area contributed by atoms with Gasteiger partial charge in [-0.05, 0) is 49.7 Å². The van der Waals surface area contributed by atoms with Crippen LogP contribution in [0.1, 0.15) is 51.4 Å². The van der Waals surface area contributed by atoms with Gasteiger partial charge in [-0.2, -0.15) is 0 Å². The van der Waals surface area contributed by atoms with Gasteiger partial charge in [0.1, 0.15) is 0 Å². The molecule has 2 aliphatic carbocycles. The van der Waals surface area contributed by atoms with Crippen LogP contribution in [0.25, 0.3) is 0 Å². The van der Waals surface area contributed by atoms with E-state index >= 15 is 0 Å². The molecule has 1 unspecified atom stereocenters. The van der Waals surface area contributed by atoms with E-state index in [0.717, 1.165) is 24.2 Å². The van der Waals surface area contributed by atoms with Crippen LogP contribution in [0.3, 0.4) is 0 Å². The number of nitrogens with zero attached hydrogens (tertiary/aromatic N) is 1. The zero-order valence-corrected chi connectivity index (χ0v) is 12.5. The van der Waals surface area contributed by atoms with Crippen molar-refractivity contribution in [1.29, 1.82) is 0 Å². The Hall–Kier alpha value is -0.890. The molecule has 0 saturated heterocycles. The molecule has 104 valence electrons. The molecule has 2 aliphatic rings. The van der Waals surface area contributed by atoms with Crippen LogP contribution in [0.5, 0.6) is 0 Å². The van der Waals surface area contributed by atoms with Crippen LogP contribution in [0.2, 0.25) is 0 Å². The van der Waals surface area contributed by atoms with Crippen molar-refractivity contribution in [1.82, 2.24) is 4.98 Å². The highest BCUT2D eigenvalue weighted by Gasteiger charge is 2.68. The maximum absolute atomic E-state index is 11.3. The summed E-state index contributed by atoms with van der Waals surface area (Å²) in [6, 6.07) is 6.11. The Morgan fingerprint density at radius 3 is 2.58 bits per heavy atom. The number of fused-ring (bicyclic) bond motifs is 2. The fourth-order valence-corrected chi connectivity index (χ4v) is 4.68. The summed E-state index contributed by atoms with van der Waals surface area (Å²) in [7, 11) is 0. The molecule has 0 amide bonds. The van der Waals surface area contributed by atoms with Gasteiger partial charge in [-0.25, -0.2) is 0 Å². The van der Waals surface area contributed by atoms with Gasteiger partial charge < -0.3 is 5.11 Å². The van der Waals surface area contributed by atoms with E-state index in [4.69, 9.17) is 0 Å². The average Bonchev–Trinajstić information content (AvgIpc) is 2.60. The van der Waals surface area contributed by atoms with Crippen molar-refractivity contribution in [2.45, 2.75) is 59.0 Å². The highest BCUT2D eigenvalue weighted by molar-refractivity contribution is 5.22. The summed E-state index contributed by atoms with van der Waals surface area (Å²) in [6.45, 7) is 8.98. The first-order valence-electron chi connectivity index (χ1n) is 7.43. The Kier molecular flexibility index (Phi) is 2.63. The molecule has 2 fully saturated rings. The molecule has 0 aromatic carbocycles. The third-order valence-corrected chi connectivity index (χ3v) is 6.47. The normalized spacial score (nSPS) is 39.7. The highest BCUT2D eigenvalue weighted by Crippen LogP contribution is 2.70. The first kappa shape index (κ1) is 13.1. The predicted molar refractivity (Wildman–Crippen MR) is 76.9 cm³/mol. The van der Waals surface area contributed by atoms with E-state index in [2.05, 4.69) is 25.8 Å². The van der Waals surface area contributed by atoms with Crippen LogP contribution < -0.4 is 0 Å². The van der Waals surface area contributed by atoms with Gasteiger partial charge in [0.15, 0.2) is 0 Å². The average molecular weight is 259 g/mol. The number of rotatable bonds is 2. The smallest absolute Gasteiger partial charge is 0.0764 e. The minimum atomic E-state index is -0.583. The monoisotopic (exact) mass is 259 g/mol. The summed E-state index contributed by atoms with van der Waals surface area (Å²) in [5.74, 6) is 0.660. The number of hydrogen-bond acceptors (Lipinski definition) is 2. The molecule has 0 spiro atoms. The van der Waals surface area contributed by atoms with Crippen molar-refractivity contribution in [2.75, 3.05) is 0 Å². The zero-order valence-electron chi connectivity index (χ0n) is 12.5. The van der Waals surface area contributed by atoms with Crippen molar-refractivity contribution >= 4 is 0 Å². The first-order chi connectivity index (χ1) is 8.78. The van der Waals surface area contributed by atoms with Gasteiger partial charge in [0.25, 0.3) is 0 Å². The van der Waals surface area contributed by atoms with Gasteiger partial charge in [-0.3, -0.25) is 4.98 Å². The molecule has 3 rings (SSSR count). The lowest BCUT2D eigenvalue weighted by Gasteiger charge is -2.45. The Labute approximate surface area is 116 Å².